The Morgan fingerprint density at radius 3 is 2.54 bits per heavy atom. The SMILES string of the molecule is CCN(CC)C(=O)C1CCN(CCC(=O)NC2CCCc3ccccc32)CC1. The van der Waals surface area contributed by atoms with Crippen molar-refractivity contribution >= 4 is 11.8 Å². The summed E-state index contributed by atoms with van der Waals surface area (Å²) in [6, 6.07) is 8.63. The van der Waals surface area contributed by atoms with Crippen LogP contribution in [0.25, 0.3) is 0 Å². The normalized spacial score (nSPS) is 20.4. The highest BCUT2D eigenvalue weighted by Crippen LogP contribution is 2.29. The number of hydrogen-bond acceptors (Lipinski definition) is 3. The van der Waals surface area contributed by atoms with E-state index in [4.69, 9.17) is 0 Å². The molecule has 0 spiro atoms. The zero-order valence-electron chi connectivity index (χ0n) is 17.5. The maximum absolute atomic E-state index is 12.5. The van der Waals surface area contributed by atoms with E-state index in [1.54, 1.807) is 0 Å². The lowest BCUT2D eigenvalue weighted by Gasteiger charge is -2.33. The van der Waals surface area contributed by atoms with Crippen molar-refractivity contribution in [2.24, 2.45) is 5.92 Å². The molecule has 1 atom stereocenters. The first kappa shape index (κ1) is 20.8. The Morgan fingerprint density at radius 2 is 1.82 bits per heavy atom. The van der Waals surface area contributed by atoms with E-state index in [0.29, 0.717) is 12.3 Å². The second-order valence-corrected chi connectivity index (χ2v) is 8.09. The molecule has 1 aromatic rings. The Hall–Kier alpha value is -1.88. The van der Waals surface area contributed by atoms with Crippen LogP contribution in [0, 0.1) is 5.92 Å². The third-order valence-electron chi connectivity index (χ3n) is 6.37. The number of nitrogens with one attached hydrogen (secondary N) is 1. The third-order valence-corrected chi connectivity index (χ3v) is 6.37. The van der Waals surface area contributed by atoms with Gasteiger partial charge in [-0.2, -0.15) is 0 Å². The number of amides is 2. The number of benzene rings is 1. The summed E-state index contributed by atoms with van der Waals surface area (Å²) in [5.74, 6) is 0.602. The molecule has 0 radical (unpaired) electrons. The maximum atomic E-state index is 12.5. The van der Waals surface area contributed by atoms with Crippen molar-refractivity contribution in [3.8, 4) is 0 Å². The second kappa shape index (κ2) is 10.1. The molecule has 0 bridgehead atoms. The molecule has 1 saturated heterocycles. The summed E-state index contributed by atoms with van der Waals surface area (Å²) < 4.78 is 0. The number of likely N-dealkylation sites (tertiary alicyclic amines) is 1. The Morgan fingerprint density at radius 1 is 1.11 bits per heavy atom. The molecule has 1 fully saturated rings. The van der Waals surface area contributed by atoms with Gasteiger partial charge in [-0.05, 0) is 70.2 Å². The Bertz CT molecular complexity index is 664. The lowest BCUT2D eigenvalue weighted by molar-refractivity contribution is -0.136. The van der Waals surface area contributed by atoms with E-state index in [1.807, 2.05) is 18.7 Å². The molecule has 1 aliphatic heterocycles. The van der Waals surface area contributed by atoms with Gasteiger partial charge in [0.1, 0.15) is 0 Å². The standard InChI is InChI=1S/C23H35N3O2/c1-3-26(4-2)23(28)19-12-15-25(16-13-19)17-14-22(27)24-21-11-7-9-18-8-5-6-10-20(18)21/h5-6,8,10,19,21H,3-4,7,9,11-17H2,1-2H3,(H,24,27). The van der Waals surface area contributed by atoms with Crippen molar-refractivity contribution in [1.82, 2.24) is 15.1 Å². The Kier molecular flexibility index (Phi) is 7.49. The van der Waals surface area contributed by atoms with Crippen LogP contribution >= 0.6 is 0 Å². The molecule has 5 heteroatoms. The van der Waals surface area contributed by atoms with Crippen molar-refractivity contribution < 1.29 is 9.59 Å². The molecular weight excluding hydrogens is 350 g/mol. The number of rotatable bonds is 7. The molecule has 2 aliphatic rings. The minimum atomic E-state index is 0.142. The lowest BCUT2D eigenvalue weighted by Crippen LogP contribution is -2.43. The van der Waals surface area contributed by atoms with E-state index in [0.717, 1.165) is 64.8 Å². The first-order valence-electron chi connectivity index (χ1n) is 11.0. The number of piperidine rings is 1. The monoisotopic (exact) mass is 385 g/mol. The quantitative estimate of drug-likeness (QED) is 0.784. The van der Waals surface area contributed by atoms with Crippen molar-refractivity contribution in [3.05, 3.63) is 35.4 Å². The van der Waals surface area contributed by atoms with E-state index in [9.17, 15) is 9.59 Å². The molecule has 1 aliphatic carbocycles. The number of carbonyl (C=O) groups is 2. The van der Waals surface area contributed by atoms with Crippen LogP contribution in [0.5, 0.6) is 0 Å². The minimum Gasteiger partial charge on any atom is -0.349 e. The summed E-state index contributed by atoms with van der Waals surface area (Å²) in [6.07, 6.45) is 5.63. The summed E-state index contributed by atoms with van der Waals surface area (Å²) >= 11 is 0. The molecule has 5 nitrogen and oxygen atoms in total. The van der Waals surface area contributed by atoms with Crippen molar-refractivity contribution in [2.75, 3.05) is 32.7 Å². The van der Waals surface area contributed by atoms with Gasteiger partial charge in [0, 0.05) is 32.0 Å². The number of hydrogen-bond donors (Lipinski definition) is 1. The molecule has 1 aromatic carbocycles. The molecular formula is C23H35N3O2. The van der Waals surface area contributed by atoms with E-state index in [-0.39, 0.29) is 17.9 Å². The largest absolute Gasteiger partial charge is 0.349 e. The third kappa shape index (κ3) is 5.13. The number of carbonyl (C=O) groups excluding carboxylic acids is 2. The predicted molar refractivity (Wildman–Crippen MR) is 112 cm³/mol. The van der Waals surface area contributed by atoms with Gasteiger partial charge in [0.05, 0.1) is 6.04 Å². The van der Waals surface area contributed by atoms with E-state index in [1.165, 1.54) is 11.1 Å². The van der Waals surface area contributed by atoms with Crippen LogP contribution in [-0.4, -0.2) is 54.3 Å². The fourth-order valence-electron chi connectivity index (χ4n) is 4.63. The molecule has 1 N–H and O–H groups in total. The predicted octanol–water partition coefficient (Wildman–Crippen LogP) is 3.15. The van der Waals surface area contributed by atoms with Gasteiger partial charge in [-0.15, -0.1) is 0 Å². The van der Waals surface area contributed by atoms with Crippen LogP contribution in [0.3, 0.4) is 0 Å². The number of nitrogens with zero attached hydrogens (tertiary/aromatic N) is 2. The highest BCUT2D eigenvalue weighted by Gasteiger charge is 2.28. The molecule has 28 heavy (non-hydrogen) atoms. The fraction of sp³-hybridized carbons (Fsp3) is 0.652. The van der Waals surface area contributed by atoms with Crippen molar-refractivity contribution in [3.63, 3.8) is 0 Å². The minimum absolute atomic E-state index is 0.142. The van der Waals surface area contributed by atoms with Gasteiger partial charge in [0.15, 0.2) is 0 Å². The van der Waals surface area contributed by atoms with Gasteiger partial charge in [0.2, 0.25) is 11.8 Å². The van der Waals surface area contributed by atoms with Gasteiger partial charge in [0.25, 0.3) is 0 Å². The molecule has 154 valence electrons. The maximum Gasteiger partial charge on any atom is 0.225 e. The first-order valence-corrected chi connectivity index (χ1v) is 11.0. The van der Waals surface area contributed by atoms with Crippen LogP contribution < -0.4 is 5.32 Å². The lowest BCUT2D eigenvalue weighted by atomic mass is 9.87. The van der Waals surface area contributed by atoms with E-state index in [2.05, 4.69) is 34.5 Å². The highest BCUT2D eigenvalue weighted by molar-refractivity contribution is 5.79. The highest BCUT2D eigenvalue weighted by atomic mass is 16.2. The van der Waals surface area contributed by atoms with Crippen molar-refractivity contribution in [1.29, 1.82) is 0 Å². The zero-order valence-corrected chi connectivity index (χ0v) is 17.5. The summed E-state index contributed by atoms with van der Waals surface area (Å²) in [7, 11) is 0. The average molecular weight is 386 g/mol. The molecule has 0 aromatic heterocycles. The van der Waals surface area contributed by atoms with Crippen LogP contribution in [-0.2, 0) is 16.0 Å². The Balaban J connectivity index is 1.41. The van der Waals surface area contributed by atoms with Gasteiger partial charge in [-0.1, -0.05) is 24.3 Å². The van der Waals surface area contributed by atoms with E-state index >= 15 is 0 Å². The smallest absolute Gasteiger partial charge is 0.225 e. The summed E-state index contributed by atoms with van der Waals surface area (Å²) in [4.78, 5) is 29.3. The summed E-state index contributed by atoms with van der Waals surface area (Å²) in [6.45, 7) is 8.28. The fourth-order valence-corrected chi connectivity index (χ4v) is 4.63. The van der Waals surface area contributed by atoms with Crippen molar-refractivity contribution in [2.45, 2.75) is 58.4 Å². The molecule has 1 unspecified atom stereocenters. The summed E-state index contributed by atoms with van der Waals surface area (Å²) in [5.41, 5.74) is 2.66. The van der Waals surface area contributed by atoms with Crippen LogP contribution in [0.4, 0.5) is 0 Å². The second-order valence-electron chi connectivity index (χ2n) is 8.09. The molecule has 2 amide bonds. The van der Waals surface area contributed by atoms with Crippen LogP contribution in [0.15, 0.2) is 24.3 Å². The van der Waals surface area contributed by atoms with Gasteiger partial charge < -0.3 is 15.1 Å². The zero-order chi connectivity index (χ0) is 19.9. The summed E-state index contributed by atoms with van der Waals surface area (Å²) in [5, 5.41) is 3.25. The topological polar surface area (TPSA) is 52.7 Å². The molecule has 3 rings (SSSR count). The van der Waals surface area contributed by atoms with Gasteiger partial charge in [-0.25, -0.2) is 0 Å². The van der Waals surface area contributed by atoms with Crippen LogP contribution in [0.1, 0.15) is 63.1 Å². The average Bonchev–Trinajstić information content (AvgIpc) is 2.74. The molecule has 1 heterocycles. The van der Waals surface area contributed by atoms with Gasteiger partial charge in [-0.3, -0.25) is 9.59 Å². The molecule has 0 saturated carbocycles. The van der Waals surface area contributed by atoms with E-state index < -0.39 is 0 Å². The number of aryl methyl sites for hydroxylation is 1. The van der Waals surface area contributed by atoms with Crippen LogP contribution in [0.2, 0.25) is 0 Å². The first-order chi connectivity index (χ1) is 13.6. The Labute approximate surface area is 169 Å². The van der Waals surface area contributed by atoms with Gasteiger partial charge >= 0.3 is 0 Å². The number of fused-ring (bicyclic) bond motifs is 1.